The van der Waals surface area contributed by atoms with Gasteiger partial charge in [-0.1, -0.05) is 24.3 Å². The molecule has 27 heavy (non-hydrogen) atoms. The number of hydrogen-bond acceptors (Lipinski definition) is 4. The van der Waals surface area contributed by atoms with Crippen molar-refractivity contribution in [2.24, 2.45) is 0 Å². The third-order valence-corrected chi connectivity index (χ3v) is 7.02. The fourth-order valence-electron chi connectivity index (χ4n) is 3.07. The van der Waals surface area contributed by atoms with E-state index in [1.165, 1.54) is 22.5 Å². The Bertz CT molecular complexity index is 926. The van der Waals surface area contributed by atoms with Crippen molar-refractivity contribution in [2.75, 3.05) is 32.4 Å². The highest BCUT2D eigenvalue weighted by atomic mass is 32.2. The first-order valence-electron chi connectivity index (χ1n) is 8.55. The standard InChI is InChI=1S/C19H21FN2O3S2/c1-26-14-15-5-4-6-16(13-15)19(23)21-9-11-22(12-10-21)27(24,25)18-8-3-2-7-17(18)20/h2-8,13H,9-12,14H2,1H3. The van der Waals surface area contributed by atoms with Crippen LogP contribution in [0.15, 0.2) is 53.4 Å². The predicted octanol–water partition coefficient (Wildman–Crippen LogP) is 2.84. The maximum absolute atomic E-state index is 13.9. The van der Waals surface area contributed by atoms with Crippen LogP contribution in [0.5, 0.6) is 0 Å². The molecule has 1 heterocycles. The summed E-state index contributed by atoms with van der Waals surface area (Å²) < 4.78 is 40.4. The lowest BCUT2D eigenvalue weighted by Gasteiger charge is -2.34. The maximum Gasteiger partial charge on any atom is 0.253 e. The van der Waals surface area contributed by atoms with Gasteiger partial charge in [-0.3, -0.25) is 4.79 Å². The van der Waals surface area contributed by atoms with Crippen LogP contribution in [-0.4, -0.2) is 56.0 Å². The molecule has 0 N–H and O–H groups in total. The molecular weight excluding hydrogens is 387 g/mol. The van der Waals surface area contributed by atoms with Gasteiger partial charge in [0.15, 0.2) is 0 Å². The molecule has 0 aliphatic carbocycles. The van der Waals surface area contributed by atoms with Crippen molar-refractivity contribution in [3.05, 3.63) is 65.5 Å². The largest absolute Gasteiger partial charge is 0.336 e. The average molecular weight is 409 g/mol. The van der Waals surface area contributed by atoms with Gasteiger partial charge >= 0.3 is 0 Å². The number of amides is 1. The van der Waals surface area contributed by atoms with Crippen molar-refractivity contribution in [1.29, 1.82) is 0 Å². The van der Waals surface area contributed by atoms with Gasteiger partial charge < -0.3 is 4.90 Å². The Morgan fingerprint density at radius 1 is 1.07 bits per heavy atom. The minimum absolute atomic E-state index is 0.110. The number of rotatable bonds is 5. The van der Waals surface area contributed by atoms with Crippen LogP contribution < -0.4 is 0 Å². The second kappa shape index (κ2) is 8.41. The van der Waals surface area contributed by atoms with Gasteiger partial charge in [0.25, 0.3) is 5.91 Å². The molecular formula is C19H21FN2O3S2. The van der Waals surface area contributed by atoms with Crippen molar-refractivity contribution in [3.63, 3.8) is 0 Å². The first-order chi connectivity index (χ1) is 12.9. The monoisotopic (exact) mass is 408 g/mol. The van der Waals surface area contributed by atoms with Crippen LogP contribution >= 0.6 is 11.8 Å². The Morgan fingerprint density at radius 3 is 2.44 bits per heavy atom. The summed E-state index contributed by atoms with van der Waals surface area (Å²) in [7, 11) is -3.90. The molecule has 1 saturated heterocycles. The molecule has 1 amide bonds. The summed E-state index contributed by atoms with van der Waals surface area (Å²) in [5.41, 5.74) is 1.68. The normalized spacial score (nSPS) is 15.7. The number of halogens is 1. The van der Waals surface area contributed by atoms with Gasteiger partial charge in [0, 0.05) is 37.5 Å². The quantitative estimate of drug-likeness (QED) is 0.763. The second-order valence-electron chi connectivity index (χ2n) is 6.26. The van der Waals surface area contributed by atoms with E-state index in [1.807, 2.05) is 24.5 Å². The highest BCUT2D eigenvalue weighted by Crippen LogP contribution is 2.21. The molecule has 0 atom stereocenters. The van der Waals surface area contributed by atoms with E-state index in [9.17, 15) is 17.6 Å². The molecule has 2 aromatic rings. The maximum atomic E-state index is 13.9. The molecule has 3 rings (SSSR count). The number of carbonyl (C=O) groups is 1. The molecule has 1 aliphatic rings. The zero-order chi connectivity index (χ0) is 19.4. The molecule has 8 heteroatoms. The van der Waals surface area contributed by atoms with Crippen LogP contribution in [0.3, 0.4) is 0 Å². The van der Waals surface area contributed by atoms with Crippen molar-refractivity contribution >= 4 is 27.7 Å². The summed E-state index contributed by atoms with van der Waals surface area (Å²) >= 11 is 1.68. The number of piperazine rings is 1. The summed E-state index contributed by atoms with van der Waals surface area (Å²) in [4.78, 5) is 14.0. The van der Waals surface area contributed by atoms with Gasteiger partial charge in [-0.25, -0.2) is 12.8 Å². The van der Waals surface area contributed by atoms with Crippen molar-refractivity contribution < 1.29 is 17.6 Å². The van der Waals surface area contributed by atoms with E-state index in [4.69, 9.17) is 0 Å². The molecule has 2 aromatic carbocycles. The lowest BCUT2D eigenvalue weighted by molar-refractivity contribution is 0.0697. The smallest absolute Gasteiger partial charge is 0.253 e. The van der Waals surface area contributed by atoms with Gasteiger partial charge in [0.1, 0.15) is 10.7 Å². The summed E-state index contributed by atoms with van der Waals surface area (Å²) in [6.45, 7) is 0.846. The topological polar surface area (TPSA) is 57.7 Å². The van der Waals surface area contributed by atoms with Crippen LogP contribution in [-0.2, 0) is 15.8 Å². The Balaban J connectivity index is 1.69. The van der Waals surface area contributed by atoms with Crippen LogP contribution in [0.25, 0.3) is 0 Å². The van der Waals surface area contributed by atoms with Gasteiger partial charge in [-0.15, -0.1) is 0 Å². The fourth-order valence-corrected chi connectivity index (χ4v) is 5.07. The van der Waals surface area contributed by atoms with Crippen molar-refractivity contribution in [3.8, 4) is 0 Å². The summed E-state index contributed by atoms with van der Waals surface area (Å²) in [5, 5.41) is 0. The molecule has 0 aromatic heterocycles. The summed E-state index contributed by atoms with van der Waals surface area (Å²) in [5.74, 6) is -0.0435. The van der Waals surface area contributed by atoms with E-state index in [0.717, 1.165) is 17.4 Å². The average Bonchev–Trinajstić information content (AvgIpc) is 2.68. The fraction of sp³-hybridized carbons (Fsp3) is 0.316. The number of nitrogens with zero attached hydrogens (tertiary/aromatic N) is 2. The Hall–Kier alpha value is -1.90. The van der Waals surface area contributed by atoms with Gasteiger partial charge in [0.05, 0.1) is 0 Å². The second-order valence-corrected chi connectivity index (χ2v) is 9.03. The van der Waals surface area contributed by atoms with Crippen LogP contribution in [0, 0.1) is 5.82 Å². The third kappa shape index (κ3) is 4.34. The molecule has 144 valence electrons. The first-order valence-corrected chi connectivity index (χ1v) is 11.4. The molecule has 1 fully saturated rings. The number of thioether (sulfide) groups is 1. The van der Waals surface area contributed by atoms with E-state index < -0.39 is 15.8 Å². The first kappa shape index (κ1) is 19.9. The van der Waals surface area contributed by atoms with Crippen molar-refractivity contribution in [1.82, 2.24) is 9.21 Å². The highest BCUT2D eigenvalue weighted by Gasteiger charge is 2.32. The Morgan fingerprint density at radius 2 is 1.78 bits per heavy atom. The lowest BCUT2D eigenvalue weighted by Crippen LogP contribution is -2.50. The van der Waals surface area contributed by atoms with Crippen molar-refractivity contribution in [2.45, 2.75) is 10.6 Å². The minimum atomic E-state index is -3.90. The van der Waals surface area contributed by atoms with Gasteiger partial charge in [-0.05, 0) is 36.1 Å². The van der Waals surface area contributed by atoms with E-state index >= 15 is 0 Å². The van der Waals surface area contributed by atoms with Gasteiger partial charge in [-0.2, -0.15) is 16.1 Å². The Kier molecular flexibility index (Phi) is 6.18. The van der Waals surface area contributed by atoms with E-state index in [2.05, 4.69) is 0 Å². The SMILES string of the molecule is CSCc1cccc(C(=O)N2CCN(S(=O)(=O)c3ccccc3F)CC2)c1. The van der Waals surface area contributed by atoms with E-state index in [0.29, 0.717) is 5.56 Å². The molecule has 0 bridgehead atoms. The molecule has 0 radical (unpaired) electrons. The Labute approximate surface area is 163 Å². The molecule has 5 nitrogen and oxygen atoms in total. The van der Waals surface area contributed by atoms with Crippen LogP contribution in [0.1, 0.15) is 15.9 Å². The molecule has 0 spiro atoms. The number of sulfonamides is 1. The number of hydrogen-bond donors (Lipinski definition) is 0. The molecule has 0 saturated carbocycles. The molecule has 1 aliphatic heterocycles. The minimum Gasteiger partial charge on any atom is -0.336 e. The molecule has 0 unspecified atom stereocenters. The van der Waals surface area contributed by atoms with E-state index in [1.54, 1.807) is 22.7 Å². The lowest BCUT2D eigenvalue weighted by atomic mass is 10.1. The van der Waals surface area contributed by atoms with Crippen LogP contribution in [0.4, 0.5) is 4.39 Å². The number of benzene rings is 2. The summed E-state index contributed by atoms with van der Waals surface area (Å²) in [6.07, 6.45) is 2.00. The van der Waals surface area contributed by atoms with Crippen LogP contribution in [0.2, 0.25) is 0 Å². The predicted molar refractivity (Wildman–Crippen MR) is 105 cm³/mol. The third-order valence-electron chi connectivity index (χ3n) is 4.47. The van der Waals surface area contributed by atoms with E-state index in [-0.39, 0.29) is 37.0 Å². The zero-order valence-electron chi connectivity index (χ0n) is 15.0. The summed E-state index contributed by atoms with van der Waals surface area (Å²) in [6, 6.07) is 12.8. The number of carbonyl (C=O) groups excluding carboxylic acids is 1. The highest BCUT2D eigenvalue weighted by molar-refractivity contribution is 7.97. The zero-order valence-corrected chi connectivity index (χ0v) is 16.6. The van der Waals surface area contributed by atoms with Gasteiger partial charge in [0.2, 0.25) is 10.0 Å².